The zero-order valence-electron chi connectivity index (χ0n) is 6.94. The van der Waals surface area contributed by atoms with Gasteiger partial charge in [-0.25, -0.2) is 0 Å². The van der Waals surface area contributed by atoms with Crippen molar-refractivity contribution in [2.45, 2.75) is 0 Å². The predicted octanol–water partition coefficient (Wildman–Crippen LogP) is 0.891. The molecule has 1 aromatic heterocycles. The third-order valence-corrected chi connectivity index (χ3v) is 3.77. The summed E-state index contributed by atoms with van der Waals surface area (Å²) >= 11 is 3.74. The van der Waals surface area contributed by atoms with Gasteiger partial charge in [-0.1, -0.05) is 6.07 Å². The van der Waals surface area contributed by atoms with Gasteiger partial charge in [0.15, 0.2) is 0 Å². The minimum atomic E-state index is -1.63. The van der Waals surface area contributed by atoms with Gasteiger partial charge in [0.2, 0.25) is 0 Å². The van der Waals surface area contributed by atoms with E-state index >= 15 is 0 Å². The highest BCUT2D eigenvalue weighted by atomic mass is 127. The second-order valence-electron chi connectivity index (χ2n) is 2.87. The Kier molecular flexibility index (Phi) is 2.69. The van der Waals surface area contributed by atoms with Gasteiger partial charge in [-0.3, -0.25) is 0 Å². The molecule has 3 N–H and O–H groups in total. The van der Waals surface area contributed by atoms with Crippen molar-refractivity contribution in [2.24, 2.45) is 0 Å². The van der Waals surface area contributed by atoms with E-state index in [-0.39, 0.29) is 11.2 Å². The first-order chi connectivity index (χ1) is 6.58. The Bertz CT molecular complexity index is 483. The number of phenolic OH excluding ortho intramolecular Hbond substituents is 1. The quantitative estimate of drug-likeness (QED) is 0.540. The number of aromatic hydroxyl groups is 1. The molecule has 0 aliphatic heterocycles. The van der Waals surface area contributed by atoms with Crippen LogP contribution in [-0.4, -0.2) is 22.3 Å². The third kappa shape index (κ3) is 1.74. The summed E-state index contributed by atoms with van der Waals surface area (Å²) in [6.07, 6.45) is 0. The number of benzene rings is 1. The van der Waals surface area contributed by atoms with Crippen molar-refractivity contribution in [3.63, 3.8) is 0 Å². The zero-order chi connectivity index (χ0) is 10.3. The Morgan fingerprint density at radius 2 is 1.93 bits per heavy atom. The fraction of sp³-hybridized carbons (Fsp3) is 0. The van der Waals surface area contributed by atoms with Gasteiger partial charge in [-0.15, -0.1) is 11.3 Å². The fourth-order valence-electron chi connectivity index (χ4n) is 1.27. The Morgan fingerprint density at radius 1 is 1.21 bits per heavy atom. The lowest BCUT2D eigenvalue weighted by atomic mass is 9.79. The molecule has 0 unspecified atom stereocenters. The van der Waals surface area contributed by atoms with E-state index in [1.54, 1.807) is 23.5 Å². The van der Waals surface area contributed by atoms with Crippen LogP contribution in [0.25, 0.3) is 10.1 Å². The molecule has 0 amide bonds. The van der Waals surface area contributed by atoms with Gasteiger partial charge < -0.3 is 15.2 Å². The number of phenols is 1. The van der Waals surface area contributed by atoms with Gasteiger partial charge >= 0.3 is 7.12 Å². The second kappa shape index (κ2) is 3.69. The minimum Gasteiger partial charge on any atom is -0.508 e. The van der Waals surface area contributed by atoms with Gasteiger partial charge in [-0.05, 0) is 40.1 Å². The van der Waals surface area contributed by atoms with Crippen molar-refractivity contribution in [3.05, 3.63) is 21.1 Å². The summed E-state index contributed by atoms with van der Waals surface area (Å²) in [5, 5.41) is 28.3. The van der Waals surface area contributed by atoms with E-state index in [0.29, 0.717) is 0 Å². The number of fused-ring (bicyclic) bond motifs is 1. The molecule has 72 valence electrons. The number of rotatable bonds is 1. The molecule has 6 heteroatoms. The Labute approximate surface area is 98.3 Å². The molecule has 0 saturated heterocycles. The van der Waals surface area contributed by atoms with Crippen molar-refractivity contribution in [2.75, 3.05) is 0 Å². The van der Waals surface area contributed by atoms with E-state index < -0.39 is 7.12 Å². The predicted molar refractivity (Wildman–Crippen MR) is 66.0 cm³/mol. The molecule has 0 radical (unpaired) electrons. The maximum Gasteiger partial charge on any atom is 0.492 e. The molecule has 0 saturated carbocycles. The zero-order valence-corrected chi connectivity index (χ0v) is 9.91. The summed E-state index contributed by atoms with van der Waals surface area (Å²) in [5.41, 5.74) is 0.145. The molecule has 0 aliphatic carbocycles. The first kappa shape index (κ1) is 10.2. The van der Waals surface area contributed by atoms with Crippen molar-refractivity contribution >= 4 is 56.6 Å². The molecular weight excluding hydrogens is 314 g/mol. The molecular formula is C8H6BIO3S. The average molecular weight is 320 g/mol. The Hall–Kier alpha value is -0.305. The molecule has 1 heterocycles. The van der Waals surface area contributed by atoms with Crippen LogP contribution in [0.5, 0.6) is 5.75 Å². The molecule has 2 rings (SSSR count). The first-order valence-electron chi connectivity index (χ1n) is 3.86. The fourth-order valence-corrected chi connectivity index (χ4v) is 3.12. The highest BCUT2D eigenvalue weighted by Gasteiger charge is 2.17. The van der Waals surface area contributed by atoms with Crippen LogP contribution in [0.1, 0.15) is 0 Å². The van der Waals surface area contributed by atoms with Crippen LogP contribution in [0, 0.1) is 2.88 Å². The molecule has 1 aromatic carbocycles. The highest BCUT2D eigenvalue weighted by molar-refractivity contribution is 14.1. The second-order valence-corrected chi connectivity index (χ2v) is 5.85. The van der Waals surface area contributed by atoms with Gasteiger partial charge in [0.25, 0.3) is 0 Å². The third-order valence-electron chi connectivity index (χ3n) is 1.91. The molecule has 2 aromatic rings. The minimum absolute atomic E-state index is 0.0780. The average Bonchev–Trinajstić information content (AvgIpc) is 2.42. The van der Waals surface area contributed by atoms with Crippen LogP contribution in [0.4, 0.5) is 0 Å². The lowest BCUT2D eigenvalue weighted by Crippen LogP contribution is -2.29. The first-order valence-corrected chi connectivity index (χ1v) is 5.75. The van der Waals surface area contributed by atoms with Gasteiger partial charge in [0.1, 0.15) is 5.75 Å². The van der Waals surface area contributed by atoms with Crippen molar-refractivity contribution < 1.29 is 15.2 Å². The van der Waals surface area contributed by atoms with Gasteiger partial charge in [0, 0.05) is 10.2 Å². The summed E-state index contributed by atoms with van der Waals surface area (Å²) in [7, 11) is -1.63. The largest absolute Gasteiger partial charge is 0.508 e. The summed E-state index contributed by atoms with van der Waals surface area (Å²) in [5.74, 6) is -0.0780. The van der Waals surface area contributed by atoms with E-state index in [1.807, 2.05) is 6.07 Å². The summed E-state index contributed by atoms with van der Waals surface area (Å²) in [6.45, 7) is 0. The van der Waals surface area contributed by atoms with Crippen molar-refractivity contribution in [1.29, 1.82) is 0 Å². The van der Waals surface area contributed by atoms with Crippen LogP contribution in [0.2, 0.25) is 0 Å². The molecule has 14 heavy (non-hydrogen) atoms. The Morgan fingerprint density at radius 3 is 2.57 bits per heavy atom. The van der Waals surface area contributed by atoms with E-state index in [9.17, 15) is 5.11 Å². The van der Waals surface area contributed by atoms with Crippen LogP contribution in [-0.2, 0) is 0 Å². The topological polar surface area (TPSA) is 60.7 Å². The van der Waals surface area contributed by atoms with E-state index in [4.69, 9.17) is 10.0 Å². The summed E-state index contributed by atoms with van der Waals surface area (Å²) in [6, 6.07) is 5.08. The van der Waals surface area contributed by atoms with Crippen LogP contribution < -0.4 is 5.46 Å². The summed E-state index contributed by atoms with van der Waals surface area (Å²) in [4.78, 5) is 0. The van der Waals surface area contributed by atoms with E-state index in [0.717, 1.165) is 13.0 Å². The number of halogens is 1. The van der Waals surface area contributed by atoms with Crippen LogP contribution in [0.15, 0.2) is 18.2 Å². The molecule has 0 aliphatic rings. The van der Waals surface area contributed by atoms with Crippen molar-refractivity contribution in [3.8, 4) is 5.75 Å². The molecule has 0 atom stereocenters. The molecule has 0 spiro atoms. The maximum absolute atomic E-state index is 9.47. The SMILES string of the molecule is OB(O)c1cc2cc(I)sc2cc1O. The Balaban J connectivity index is 2.70. The summed E-state index contributed by atoms with van der Waals surface area (Å²) < 4.78 is 2.04. The monoisotopic (exact) mass is 320 g/mol. The van der Waals surface area contributed by atoms with E-state index in [2.05, 4.69) is 22.6 Å². The van der Waals surface area contributed by atoms with Gasteiger partial charge in [0.05, 0.1) is 2.88 Å². The number of thiophene rings is 1. The number of hydrogen-bond acceptors (Lipinski definition) is 4. The van der Waals surface area contributed by atoms with E-state index in [1.165, 1.54) is 0 Å². The lowest BCUT2D eigenvalue weighted by Gasteiger charge is -2.02. The molecule has 0 fully saturated rings. The standard InChI is InChI=1S/C8H6BIO3S/c10-8-2-4-1-5(9(12)13)6(11)3-7(4)14-8/h1-3,11-13H. The maximum atomic E-state index is 9.47. The molecule has 0 bridgehead atoms. The smallest absolute Gasteiger partial charge is 0.492 e. The van der Waals surface area contributed by atoms with Crippen LogP contribution in [0.3, 0.4) is 0 Å². The number of hydrogen-bond donors (Lipinski definition) is 3. The lowest BCUT2D eigenvalue weighted by molar-refractivity contribution is 0.420. The molecule has 3 nitrogen and oxygen atoms in total. The van der Waals surface area contributed by atoms with Crippen molar-refractivity contribution in [1.82, 2.24) is 0 Å². The van der Waals surface area contributed by atoms with Gasteiger partial charge in [-0.2, -0.15) is 0 Å². The normalized spacial score (nSPS) is 10.8. The highest BCUT2D eigenvalue weighted by Crippen LogP contribution is 2.28. The van der Waals surface area contributed by atoms with Crippen LogP contribution >= 0.6 is 33.9 Å².